The largest absolute Gasteiger partial charge is 0.481 e. The molecule has 2 N–H and O–H groups in total. The molecular weight excluding hydrogens is 314 g/mol. The van der Waals surface area contributed by atoms with Gasteiger partial charge in [0.2, 0.25) is 0 Å². The lowest BCUT2D eigenvalue weighted by Crippen LogP contribution is -2.41. The standard InChI is InChI=1S/C16H23N3O3S/c1-16(14(20)21)7-9-19(10-16)15(22)17-8-6-13-18-11-4-2-3-5-12(11)23-13/h2-10H2,1H3,(H,17,22)(H,20,21). The summed E-state index contributed by atoms with van der Waals surface area (Å²) in [5, 5.41) is 13.2. The quantitative estimate of drug-likeness (QED) is 0.881. The number of carbonyl (C=O) groups is 2. The van der Waals surface area contributed by atoms with Crippen LogP contribution in [-0.2, 0) is 24.1 Å². The van der Waals surface area contributed by atoms with E-state index >= 15 is 0 Å². The van der Waals surface area contributed by atoms with Gasteiger partial charge in [0.05, 0.1) is 16.1 Å². The monoisotopic (exact) mass is 337 g/mol. The summed E-state index contributed by atoms with van der Waals surface area (Å²) in [4.78, 5) is 31.0. The number of aryl methyl sites for hydroxylation is 2. The fraction of sp³-hybridized carbons (Fsp3) is 0.688. The van der Waals surface area contributed by atoms with Gasteiger partial charge in [-0.3, -0.25) is 4.79 Å². The van der Waals surface area contributed by atoms with E-state index in [1.165, 1.54) is 23.4 Å². The molecule has 1 fully saturated rings. The van der Waals surface area contributed by atoms with E-state index in [4.69, 9.17) is 0 Å². The van der Waals surface area contributed by atoms with Crippen molar-refractivity contribution in [1.82, 2.24) is 15.2 Å². The molecule has 1 saturated heterocycles. The normalized spacial score (nSPS) is 23.6. The number of thiazole rings is 1. The summed E-state index contributed by atoms with van der Waals surface area (Å²) in [6.07, 6.45) is 5.95. The van der Waals surface area contributed by atoms with Gasteiger partial charge < -0.3 is 15.3 Å². The molecule has 2 aliphatic rings. The summed E-state index contributed by atoms with van der Waals surface area (Å²) in [5.74, 6) is -0.832. The van der Waals surface area contributed by atoms with Gasteiger partial charge in [-0.05, 0) is 39.0 Å². The van der Waals surface area contributed by atoms with Crippen LogP contribution < -0.4 is 5.32 Å². The Morgan fingerprint density at radius 2 is 2.17 bits per heavy atom. The van der Waals surface area contributed by atoms with E-state index in [0.717, 1.165) is 24.3 Å². The van der Waals surface area contributed by atoms with Crippen molar-refractivity contribution in [2.45, 2.75) is 45.4 Å². The molecule has 7 heteroatoms. The molecule has 3 rings (SSSR count). The molecule has 0 radical (unpaired) electrons. The third-order valence-electron chi connectivity index (χ3n) is 4.78. The van der Waals surface area contributed by atoms with Crippen molar-refractivity contribution in [2.75, 3.05) is 19.6 Å². The number of nitrogens with one attached hydrogen (secondary N) is 1. The molecule has 1 aromatic rings. The highest BCUT2D eigenvalue weighted by molar-refractivity contribution is 7.11. The molecule has 126 valence electrons. The predicted octanol–water partition coefficient (Wildman–Crippen LogP) is 2.07. The zero-order chi connectivity index (χ0) is 16.4. The summed E-state index contributed by atoms with van der Waals surface area (Å²) >= 11 is 1.77. The molecule has 1 aliphatic carbocycles. The third kappa shape index (κ3) is 3.49. The Bertz CT molecular complexity index is 592. The van der Waals surface area contributed by atoms with E-state index in [1.807, 2.05) is 0 Å². The van der Waals surface area contributed by atoms with Crippen LogP contribution in [0.15, 0.2) is 0 Å². The molecule has 0 saturated carbocycles. The first-order valence-corrected chi connectivity index (χ1v) is 9.03. The first-order chi connectivity index (χ1) is 11.0. The van der Waals surface area contributed by atoms with E-state index < -0.39 is 11.4 Å². The number of aromatic nitrogens is 1. The lowest BCUT2D eigenvalue weighted by Gasteiger charge is -2.20. The number of amides is 2. The number of rotatable bonds is 4. The Hall–Kier alpha value is -1.63. The fourth-order valence-electron chi connectivity index (χ4n) is 3.21. The van der Waals surface area contributed by atoms with Gasteiger partial charge in [-0.1, -0.05) is 0 Å². The Morgan fingerprint density at radius 1 is 1.39 bits per heavy atom. The van der Waals surface area contributed by atoms with E-state index in [1.54, 1.807) is 23.2 Å². The van der Waals surface area contributed by atoms with Crippen molar-refractivity contribution < 1.29 is 14.7 Å². The first kappa shape index (κ1) is 16.2. The Balaban J connectivity index is 1.46. The number of nitrogens with zero attached hydrogens (tertiary/aromatic N) is 2. The minimum absolute atomic E-state index is 0.170. The lowest BCUT2D eigenvalue weighted by molar-refractivity contribution is -0.146. The maximum atomic E-state index is 12.1. The van der Waals surface area contributed by atoms with Gasteiger partial charge in [-0.15, -0.1) is 11.3 Å². The van der Waals surface area contributed by atoms with Crippen LogP contribution in [0.4, 0.5) is 4.79 Å². The summed E-state index contributed by atoms with van der Waals surface area (Å²) in [6.45, 7) is 3.02. The Labute approximate surface area is 139 Å². The minimum atomic E-state index is -0.832. The molecule has 0 spiro atoms. The molecule has 1 unspecified atom stereocenters. The second-order valence-corrected chi connectivity index (χ2v) is 7.87. The number of hydrogen-bond donors (Lipinski definition) is 2. The maximum absolute atomic E-state index is 12.1. The molecule has 1 aliphatic heterocycles. The number of hydrogen-bond acceptors (Lipinski definition) is 4. The van der Waals surface area contributed by atoms with Crippen molar-refractivity contribution in [2.24, 2.45) is 5.41 Å². The number of urea groups is 1. The van der Waals surface area contributed by atoms with Gasteiger partial charge in [0, 0.05) is 30.9 Å². The second kappa shape index (κ2) is 6.47. The molecule has 0 bridgehead atoms. The molecule has 23 heavy (non-hydrogen) atoms. The first-order valence-electron chi connectivity index (χ1n) is 8.21. The SMILES string of the molecule is CC1(C(=O)O)CCN(C(=O)NCCc2nc3c(s2)CCCC3)C1. The summed E-state index contributed by atoms with van der Waals surface area (Å²) < 4.78 is 0. The highest BCUT2D eigenvalue weighted by Crippen LogP contribution is 2.30. The van der Waals surface area contributed by atoms with E-state index in [9.17, 15) is 14.7 Å². The summed E-state index contributed by atoms with van der Waals surface area (Å²) in [6, 6.07) is -0.170. The van der Waals surface area contributed by atoms with Gasteiger partial charge >= 0.3 is 12.0 Å². The topological polar surface area (TPSA) is 82.5 Å². The number of carbonyl (C=O) groups excluding carboxylic acids is 1. The predicted molar refractivity (Wildman–Crippen MR) is 87.8 cm³/mol. The van der Waals surface area contributed by atoms with E-state index in [2.05, 4.69) is 10.3 Å². The van der Waals surface area contributed by atoms with Gasteiger partial charge in [0.15, 0.2) is 0 Å². The average molecular weight is 337 g/mol. The van der Waals surface area contributed by atoms with Crippen LogP contribution in [0.25, 0.3) is 0 Å². The molecular formula is C16H23N3O3S. The Morgan fingerprint density at radius 3 is 2.87 bits per heavy atom. The molecule has 0 aromatic carbocycles. The van der Waals surface area contributed by atoms with Crippen LogP contribution in [0.1, 0.15) is 41.8 Å². The van der Waals surface area contributed by atoms with Crippen molar-refractivity contribution in [3.63, 3.8) is 0 Å². The van der Waals surface area contributed by atoms with Crippen LogP contribution in [0.2, 0.25) is 0 Å². The molecule has 1 aromatic heterocycles. The van der Waals surface area contributed by atoms with Crippen LogP contribution >= 0.6 is 11.3 Å². The number of fused-ring (bicyclic) bond motifs is 1. The lowest BCUT2D eigenvalue weighted by atomic mass is 9.90. The van der Waals surface area contributed by atoms with E-state index in [-0.39, 0.29) is 12.6 Å². The van der Waals surface area contributed by atoms with E-state index in [0.29, 0.717) is 19.5 Å². The Kier molecular flexibility index (Phi) is 4.57. The van der Waals surface area contributed by atoms with Gasteiger partial charge in [0.25, 0.3) is 0 Å². The number of carboxylic acids is 1. The van der Waals surface area contributed by atoms with Crippen molar-refractivity contribution in [1.29, 1.82) is 0 Å². The second-order valence-electron chi connectivity index (χ2n) is 6.70. The summed E-state index contributed by atoms with van der Waals surface area (Å²) in [7, 11) is 0. The van der Waals surface area contributed by atoms with Crippen molar-refractivity contribution in [3.05, 3.63) is 15.6 Å². The summed E-state index contributed by atoms with van der Waals surface area (Å²) in [5.41, 5.74) is 0.436. The van der Waals surface area contributed by atoms with Crippen molar-refractivity contribution >= 4 is 23.3 Å². The molecule has 2 heterocycles. The fourth-order valence-corrected chi connectivity index (χ4v) is 4.37. The van der Waals surface area contributed by atoms with Crippen LogP contribution in [0, 0.1) is 5.41 Å². The van der Waals surface area contributed by atoms with Crippen LogP contribution in [-0.4, -0.2) is 46.6 Å². The van der Waals surface area contributed by atoms with Crippen LogP contribution in [0.3, 0.4) is 0 Å². The number of likely N-dealkylation sites (tertiary alicyclic amines) is 1. The maximum Gasteiger partial charge on any atom is 0.317 e. The van der Waals surface area contributed by atoms with Gasteiger partial charge in [-0.25, -0.2) is 9.78 Å². The molecule has 2 amide bonds. The minimum Gasteiger partial charge on any atom is -0.481 e. The number of aliphatic carboxylic acids is 1. The zero-order valence-corrected chi connectivity index (χ0v) is 14.2. The smallest absolute Gasteiger partial charge is 0.317 e. The molecule has 1 atom stereocenters. The average Bonchev–Trinajstić information content (AvgIpc) is 3.11. The highest BCUT2D eigenvalue weighted by atomic mass is 32.1. The van der Waals surface area contributed by atoms with Gasteiger partial charge in [0.1, 0.15) is 0 Å². The van der Waals surface area contributed by atoms with Crippen LogP contribution in [0.5, 0.6) is 0 Å². The van der Waals surface area contributed by atoms with Gasteiger partial charge in [-0.2, -0.15) is 0 Å². The van der Waals surface area contributed by atoms with Crippen molar-refractivity contribution in [3.8, 4) is 0 Å². The zero-order valence-electron chi connectivity index (χ0n) is 13.4. The molecule has 6 nitrogen and oxygen atoms in total. The highest BCUT2D eigenvalue weighted by Gasteiger charge is 2.42. The third-order valence-corrected chi connectivity index (χ3v) is 6.00. The number of carboxylic acid groups (broad SMARTS) is 1.